The molecule has 3 aromatic rings. The van der Waals surface area contributed by atoms with Crippen LogP contribution in [0.2, 0.25) is 0 Å². The standard InChI is InChI=1S/C15H17N5O/c1-3-12-14(8-20(2)19-12)18-15(21)11-7-17-13-5-4-9(16)6-10(11)13/h4-8,17H,3,16H2,1-2H3,(H,18,21). The maximum atomic E-state index is 12.5. The number of nitrogens with two attached hydrogens (primary N) is 1. The molecule has 0 aliphatic heterocycles. The van der Waals surface area contributed by atoms with Crippen LogP contribution >= 0.6 is 0 Å². The summed E-state index contributed by atoms with van der Waals surface area (Å²) in [6.45, 7) is 2.00. The average molecular weight is 283 g/mol. The van der Waals surface area contributed by atoms with Crippen LogP contribution in [0.3, 0.4) is 0 Å². The largest absolute Gasteiger partial charge is 0.399 e. The predicted octanol–water partition coefficient (Wildman–Crippen LogP) is 2.30. The number of fused-ring (bicyclic) bond motifs is 1. The van der Waals surface area contributed by atoms with Gasteiger partial charge in [-0.05, 0) is 24.6 Å². The van der Waals surface area contributed by atoms with Crippen LogP contribution in [0.5, 0.6) is 0 Å². The fraction of sp³-hybridized carbons (Fsp3) is 0.200. The molecule has 0 aliphatic rings. The average Bonchev–Trinajstić information content (AvgIpc) is 3.01. The van der Waals surface area contributed by atoms with Crippen molar-refractivity contribution in [2.75, 3.05) is 11.1 Å². The van der Waals surface area contributed by atoms with Gasteiger partial charge in [-0.2, -0.15) is 5.10 Å². The Bertz CT molecular complexity index is 815. The second-order valence-electron chi connectivity index (χ2n) is 4.98. The van der Waals surface area contributed by atoms with E-state index in [9.17, 15) is 4.79 Å². The summed E-state index contributed by atoms with van der Waals surface area (Å²) in [7, 11) is 1.83. The van der Waals surface area contributed by atoms with E-state index < -0.39 is 0 Å². The molecule has 0 bridgehead atoms. The monoisotopic (exact) mass is 283 g/mol. The predicted molar refractivity (Wildman–Crippen MR) is 83.3 cm³/mol. The highest BCUT2D eigenvalue weighted by atomic mass is 16.1. The van der Waals surface area contributed by atoms with E-state index in [0.717, 1.165) is 28.7 Å². The highest BCUT2D eigenvalue weighted by Crippen LogP contribution is 2.22. The summed E-state index contributed by atoms with van der Waals surface area (Å²) in [5, 5.41) is 8.04. The van der Waals surface area contributed by atoms with Gasteiger partial charge in [-0.1, -0.05) is 6.92 Å². The van der Waals surface area contributed by atoms with E-state index in [-0.39, 0.29) is 5.91 Å². The third-order valence-corrected chi connectivity index (χ3v) is 3.44. The van der Waals surface area contributed by atoms with E-state index >= 15 is 0 Å². The van der Waals surface area contributed by atoms with E-state index in [1.165, 1.54) is 0 Å². The Morgan fingerprint density at radius 1 is 1.48 bits per heavy atom. The van der Waals surface area contributed by atoms with Crippen LogP contribution in [0, 0.1) is 0 Å². The molecular formula is C15H17N5O. The number of aromatic amines is 1. The third kappa shape index (κ3) is 2.35. The zero-order valence-electron chi connectivity index (χ0n) is 12.0. The fourth-order valence-electron chi connectivity index (χ4n) is 2.42. The zero-order chi connectivity index (χ0) is 15.0. The molecule has 0 saturated carbocycles. The number of anilines is 2. The van der Waals surface area contributed by atoms with E-state index in [4.69, 9.17) is 5.73 Å². The minimum Gasteiger partial charge on any atom is -0.399 e. The van der Waals surface area contributed by atoms with Crippen LogP contribution in [-0.2, 0) is 13.5 Å². The summed E-state index contributed by atoms with van der Waals surface area (Å²) in [5.74, 6) is -0.172. The summed E-state index contributed by atoms with van der Waals surface area (Å²) in [4.78, 5) is 15.5. The van der Waals surface area contributed by atoms with Gasteiger partial charge in [0.25, 0.3) is 5.91 Å². The summed E-state index contributed by atoms with van der Waals surface area (Å²) in [6, 6.07) is 5.46. The second kappa shape index (κ2) is 4.97. The maximum absolute atomic E-state index is 12.5. The number of H-pyrrole nitrogens is 1. The fourth-order valence-corrected chi connectivity index (χ4v) is 2.42. The van der Waals surface area contributed by atoms with Crippen LogP contribution in [0.25, 0.3) is 10.9 Å². The molecule has 0 saturated heterocycles. The number of hydrogen-bond acceptors (Lipinski definition) is 3. The van der Waals surface area contributed by atoms with E-state index in [1.807, 2.05) is 20.0 Å². The number of aryl methyl sites for hydroxylation is 2. The van der Waals surface area contributed by atoms with Crippen LogP contribution in [0.1, 0.15) is 23.0 Å². The molecule has 2 aromatic heterocycles. The first-order valence-corrected chi connectivity index (χ1v) is 6.79. The number of carbonyl (C=O) groups excluding carboxylic acids is 1. The number of carbonyl (C=O) groups is 1. The van der Waals surface area contributed by atoms with Gasteiger partial charge >= 0.3 is 0 Å². The van der Waals surface area contributed by atoms with Gasteiger partial charge in [-0.25, -0.2) is 0 Å². The van der Waals surface area contributed by atoms with Gasteiger partial charge < -0.3 is 16.0 Å². The lowest BCUT2D eigenvalue weighted by atomic mass is 10.1. The Morgan fingerprint density at radius 3 is 3.05 bits per heavy atom. The molecule has 6 nitrogen and oxygen atoms in total. The summed E-state index contributed by atoms with van der Waals surface area (Å²) >= 11 is 0. The number of rotatable bonds is 3. The maximum Gasteiger partial charge on any atom is 0.257 e. The van der Waals surface area contributed by atoms with Gasteiger partial charge in [0.2, 0.25) is 0 Å². The summed E-state index contributed by atoms with van der Waals surface area (Å²) in [6.07, 6.45) is 4.26. The molecule has 0 spiro atoms. The number of nitrogens with zero attached hydrogens (tertiary/aromatic N) is 2. The van der Waals surface area contributed by atoms with Crippen molar-refractivity contribution in [2.45, 2.75) is 13.3 Å². The Labute approximate surface area is 121 Å². The van der Waals surface area contributed by atoms with Crippen LogP contribution in [0.15, 0.2) is 30.6 Å². The van der Waals surface area contributed by atoms with Crippen molar-refractivity contribution in [1.29, 1.82) is 0 Å². The van der Waals surface area contributed by atoms with Gasteiger partial charge in [0.15, 0.2) is 0 Å². The Morgan fingerprint density at radius 2 is 2.29 bits per heavy atom. The molecule has 2 heterocycles. The number of nitrogen functional groups attached to an aromatic ring is 1. The number of aromatic nitrogens is 3. The first-order valence-electron chi connectivity index (χ1n) is 6.79. The van der Waals surface area contributed by atoms with E-state index in [2.05, 4.69) is 15.4 Å². The SMILES string of the molecule is CCc1nn(C)cc1NC(=O)c1c[nH]c2ccc(N)cc12. The molecule has 1 amide bonds. The minimum atomic E-state index is -0.172. The molecule has 1 aromatic carbocycles. The molecule has 0 atom stereocenters. The molecule has 21 heavy (non-hydrogen) atoms. The molecule has 0 unspecified atom stereocenters. The third-order valence-electron chi connectivity index (χ3n) is 3.44. The van der Waals surface area contributed by atoms with Gasteiger partial charge in [0.05, 0.1) is 16.9 Å². The molecule has 0 radical (unpaired) electrons. The normalized spacial score (nSPS) is 11.0. The van der Waals surface area contributed by atoms with Gasteiger partial charge in [0.1, 0.15) is 0 Å². The van der Waals surface area contributed by atoms with Crippen LogP contribution < -0.4 is 11.1 Å². The highest BCUT2D eigenvalue weighted by molar-refractivity contribution is 6.13. The molecule has 0 fully saturated rings. The lowest BCUT2D eigenvalue weighted by Gasteiger charge is -2.03. The number of nitrogens with one attached hydrogen (secondary N) is 2. The topological polar surface area (TPSA) is 88.7 Å². The van der Waals surface area contributed by atoms with Crippen molar-refractivity contribution < 1.29 is 4.79 Å². The smallest absolute Gasteiger partial charge is 0.257 e. The minimum absolute atomic E-state index is 0.172. The van der Waals surface area contributed by atoms with Crippen molar-refractivity contribution in [2.24, 2.45) is 7.05 Å². The quantitative estimate of drug-likeness (QED) is 0.644. The van der Waals surface area contributed by atoms with Gasteiger partial charge in [-0.15, -0.1) is 0 Å². The van der Waals surface area contributed by atoms with Gasteiger partial charge in [-0.3, -0.25) is 9.48 Å². The molecular weight excluding hydrogens is 266 g/mol. The molecule has 3 rings (SSSR count). The second-order valence-corrected chi connectivity index (χ2v) is 4.98. The Kier molecular flexibility index (Phi) is 3.13. The van der Waals surface area contributed by atoms with Crippen molar-refractivity contribution in [3.63, 3.8) is 0 Å². The van der Waals surface area contributed by atoms with Crippen molar-refractivity contribution >= 4 is 28.2 Å². The molecule has 4 N–H and O–H groups in total. The van der Waals surface area contributed by atoms with Crippen molar-refractivity contribution in [3.05, 3.63) is 41.9 Å². The summed E-state index contributed by atoms with van der Waals surface area (Å²) in [5.41, 5.74) is 9.49. The molecule has 6 heteroatoms. The number of hydrogen-bond donors (Lipinski definition) is 3. The lowest BCUT2D eigenvalue weighted by Crippen LogP contribution is -2.12. The number of benzene rings is 1. The van der Waals surface area contributed by atoms with Crippen molar-refractivity contribution in [1.82, 2.24) is 14.8 Å². The summed E-state index contributed by atoms with van der Waals surface area (Å²) < 4.78 is 1.70. The van der Waals surface area contributed by atoms with Gasteiger partial charge in [0, 0.05) is 36.0 Å². The lowest BCUT2D eigenvalue weighted by molar-refractivity contribution is 0.102. The molecule has 108 valence electrons. The van der Waals surface area contributed by atoms with E-state index in [1.54, 1.807) is 29.2 Å². The van der Waals surface area contributed by atoms with Crippen LogP contribution in [-0.4, -0.2) is 20.7 Å². The van der Waals surface area contributed by atoms with Crippen molar-refractivity contribution in [3.8, 4) is 0 Å². The van der Waals surface area contributed by atoms with E-state index in [0.29, 0.717) is 11.3 Å². The Hall–Kier alpha value is -2.76. The zero-order valence-corrected chi connectivity index (χ0v) is 12.0. The highest BCUT2D eigenvalue weighted by Gasteiger charge is 2.15. The first-order chi connectivity index (χ1) is 10.1. The number of amides is 1. The van der Waals surface area contributed by atoms with Crippen LogP contribution in [0.4, 0.5) is 11.4 Å². The molecule has 0 aliphatic carbocycles. The first kappa shape index (κ1) is 13.2. The Balaban J connectivity index is 1.95.